The molecule has 4 nitrogen and oxygen atoms in total. The Bertz CT molecular complexity index is 922. The van der Waals surface area contributed by atoms with Crippen molar-refractivity contribution in [2.75, 3.05) is 6.61 Å². The first-order chi connectivity index (χ1) is 11.2. The van der Waals surface area contributed by atoms with Crippen molar-refractivity contribution in [3.63, 3.8) is 0 Å². The minimum Gasteiger partial charge on any atom is -0.462 e. The number of ether oxygens (including phenoxy) is 1. The summed E-state index contributed by atoms with van der Waals surface area (Å²) in [4.78, 5) is 24.1. The molecule has 1 saturated carbocycles. The van der Waals surface area contributed by atoms with Gasteiger partial charge < -0.3 is 9.30 Å². The fraction of sp³-hybridized carbons (Fsp3) is 0.333. The van der Waals surface area contributed by atoms with Crippen LogP contribution in [0.3, 0.4) is 0 Å². The Morgan fingerprint density at radius 3 is 2.50 bits per heavy atom. The Balaban J connectivity index is 2.38. The van der Waals surface area contributed by atoms with Crippen LogP contribution in [0.25, 0.3) is 10.9 Å². The van der Waals surface area contributed by atoms with Crippen molar-refractivity contribution in [2.45, 2.75) is 25.3 Å². The average molecular weight is 347 g/mol. The topological polar surface area (TPSA) is 48.3 Å². The van der Waals surface area contributed by atoms with Gasteiger partial charge in [0.25, 0.3) is 5.92 Å². The number of hydrogen-bond acceptors (Lipinski definition) is 3. The predicted octanol–water partition coefficient (Wildman–Crippen LogP) is 3.18. The Kier molecular flexibility index (Phi) is 3.61. The van der Waals surface area contributed by atoms with Gasteiger partial charge in [0.1, 0.15) is 11.6 Å². The number of halogens is 5. The van der Waals surface area contributed by atoms with Gasteiger partial charge in [0.2, 0.25) is 5.43 Å². The predicted molar refractivity (Wildman–Crippen MR) is 72.6 cm³/mol. The van der Waals surface area contributed by atoms with Gasteiger partial charge in [0.05, 0.1) is 17.5 Å². The lowest BCUT2D eigenvalue weighted by Gasteiger charge is -2.14. The summed E-state index contributed by atoms with van der Waals surface area (Å²) in [7, 11) is 0. The number of hydrogen-bond donors (Lipinski definition) is 0. The zero-order valence-electron chi connectivity index (χ0n) is 12.2. The summed E-state index contributed by atoms with van der Waals surface area (Å²) in [6.45, 7) is 1.36. The SMILES string of the molecule is CCOC(=O)c1cn(C2CC2(F)F)c2c(F)c(F)c(F)cc2c1=O. The molecule has 1 unspecified atom stereocenters. The molecule has 9 heteroatoms. The van der Waals surface area contributed by atoms with E-state index >= 15 is 0 Å². The maximum atomic E-state index is 14.1. The quantitative estimate of drug-likeness (QED) is 0.487. The number of pyridine rings is 1. The molecule has 1 aliphatic carbocycles. The molecule has 1 aromatic carbocycles. The van der Waals surface area contributed by atoms with E-state index in [9.17, 15) is 31.5 Å². The lowest BCUT2D eigenvalue weighted by molar-refractivity contribution is 0.0522. The Morgan fingerprint density at radius 1 is 1.33 bits per heavy atom. The van der Waals surface area contributed by atoms with Gasteiger partial charge >= 0.3 is 5.97 Å². The molecular weight excluding hydrogens is 337 g/mol. The van der Waals surface area contributed by atoms with Crippen molar-refractivity contribution in [3.05, 3.63) is 45.5 Å². The van der Waals surface area contributed by atoms with Crippen LogP contribution in [0.4, 0.5) is 22.0 Å². The van der Waals surface area contributed by atoms with E-state index < -0.39 is 63.7 Å². The minimum absolute atomic E-state index is 0.0952. The van der Waals surface area contributed by atoms with E-state index in [1.807, 2.05) is 0 Å². The van der Waals surface area contributed by atoms with Crippen LogP contribution in [0.2, 0.25) is 0 Å². The molecule has 1 heterocycles. The van der Waals surface area contributed by atoms with E-state index in [0.29, 0.717) is 16.8 Å². The largest absolute Gasteiger partial charge is 0.462 e. The van der Waals surface area contributed by atoms with Gasteiger partial charge in [-0.2, -0.15) is 0 Å². The van der Waals surface area contributed by atoms with Crippen molar-refractivity contribution in [1.29, 1.82) is 0 Å². The highest BCUT2D eigenvalue weighted by Crippen LogP contribution is 2.53. The summed E-state index contributed by atoms with van der Waals surface area (Å²) < 4.78 is 73.1. The molecule has 0 N–H and O–H groups in total. The second-order valence-electron chi connectivity index (χ2n) is 5.36. The standard InChI is InChI=1S/C15H10F5NO3/c1-2-24-14(23)7-5-21(9-4-15(9,19)20)12-6(13(7)22)3-8(16)10(17)11(12)18/h3,5,9H,2,4H2,1H3. The Morgan fingerprint density at radius 2 is 1.96 bits per heavy atom. The second-order valence-corrected chi connectivity index (χ2v) is 5.36. The van der Waals surface area contributed by atoms with Crippen molar-refractivity contribution in [3.8, 4) is 0 Å². The van der Waals surface area contributed by atoms with E-state index in [4.69, 9.17) is 0 Å². The second kappa shape index (κ2) is 5.29. The molecule has 0 saturated heterocycles. The van der Waals surface area contributed by atoms with Crippen LogP contribution in [-0.2, 0) is 4.74 Å². The number of aromatic nitrogens is 1. The molecule has 1 fully saturated rings. The third-order valence-corrected chi connectivity index (χ3v) is 3.78. The van der Waals surface area contributed by atoms with E-state index in [1.165, 1.54) is 6.92 Å². The van der Waals surface area contributed by atoms with Crippen molar-refractivity contribution < 1.29 is 31.5 Å². The van der Waals surface area contributed by atoms with Crippen LogP contribution in [0.15, 0.2) is 17.1 Å². The van der Waals surface area contributed by atoms with Crippen LogP contribution in [-0.4, -0.2) is 23.1 Å². The van der Waals surface area contributed by atoms with Gasteiger partial charge in [-0.05, 0) is 13.0 Å². The van der Waals surface area contributed by atoms with Gasteiger partial charge in [0.15, 0.2) is 17.5 Å². The van der Waals surface area contributed by atoms with Crippen LogP contribution < -0.4 is 5.43 Å². The molecule has 0 bridgehead atoms. The monoisotopic (exact) mass is 347 g/mol. The van der Waals surface area contributed by atoms with Crippen molar-refractivity contribution in [2.24, 2.45) is 0 Å². The zero-order chi connectivity index (χ0) is 17.8. The first-order valence-corrected chi connectivity index (χ1v) is 6.96. The molecule has 0 amide bonds. The number of rotatable bonds is 3. The lowest BCUT2D eigenvalue weighted by atomic mass is 10.1. The summed E-state index contributed by atoms with van der Waals surface area (Å²) in [5.41, 5.74) is -2.59. The molecule has 0 spiro atoms. The van der Waals surface area contributed by atoms with E-state index in [-0.39, 0.29) is 6.61 Å². The fourth-order valence-electron chi connectivity index (χ4n) is 2.52. The van der Waals surface area contributed by atoms with Crippen LogP contribution in [0.1, 0.15) is 29.7 Å². The van der Waals surface area contributed by atoms with Crippen LogP contribution in [0.5, 0.6) is 0 Å². The maximum Gasteiger partial charge on any atom is 0.343 e. The molecule has 0 aliphatic heterocycles. The smallest absolute Gasteiger partial charge is 0.343 e. The van der Waals surface area contributed by atoms with E-state index in [0.717, 1.165) is 0 Å². The maximum absolute atomic E-state index is 14.1. The van der Waals surface area contributed by atoms with E-state index in [2.05, 4.69) is 4.74 Å². The summed E-state index contributed by atoms with van der Waals surface area (Å²) in [6, 6.07) is -1.18. The number of benzene rings is 1. The molecule has 128 valence electrons. The van der Waals surface area contributed by atoms with Crippen molar-refractivity contribution in [1.82, 2.24) is 4.57 Å². The molecule has 0 radical (unpaired) electrons. The molecule has 2 aromatic rings. The highest BCUT2D eigenvalue weighted by atomic mass is 19.3. The zero-order valence-corrected chi connectivity index (χ0v) is 12.2. The highest BCUT2D eigenvalue weighted by molar-refractivity contribution is 5.94. The molecular formula is C15H10F5NO3. The summed E-state index contributed by atoms with van der Waals surface area (Å²) in [5, 5.41) is -0.709. The number of nitrogens with zero attached hydrogens (tertiary/aromatic N) is 1. The number of esters is 1. The first kappa shape index (κ1) is 16.4. The number of alkyl halides is 2. The number of carbonyl (C=O) groups is 1. The van der Waals surface area contributed by atoms with Gasteiger partial charge in [0, 0.05) is 12.6 Å². The molecule has 24 heavy (non-hydrogen) atoms. The molecule has 1 aromatic heterocycles. The third-order valence-electron chi connectivity index (χ3n) is 3.78. The lowest BCUT2D eigenvalue weighted by Crippen LogP contribution is -2.22. The molecule has 1 aliphatic rings. The first-order valence-electron chi connectivity index (χ1n) is 6.96. The minimum atomic E-state index is -3.20. The number of carbonyl (C=O) groups excluding carboxylic acids is 1. The summed E-state index contributed by atoms with van der Waals surface area (Å²) in [5.74, 6) is -9.63. The van der Waals surface area contributed by atoms with Gasteiger partial charge in [-0.3, -0.25) is 4.79 Å². The average Bonchev–Trinajstić information content (AvgIpc) is 3.14. The fourth-order valence-corrected chi connectivity index (χ4v) is 2.52. The number of fused-ring (bicyclic) bond motifs is 1. The summed E-state index contributed by atoms with van der Waals surface area (Å²) in [6.07, 6.45) is 0.0281. The third kappa shape index (κ3) is 2.35. The highest BCUT2D eigenvalue weighted by Gasteiger charge is 2.58. The van der Waals surface area contributed by atoms with Crippen LogP contribution in [0, 0.1) is 17.5 Å². The van der Waals surface area contributed by atoms with Gasteiger partial charge in [-0.25, -0.2) is 26.7 Å². The molecule has 3 rings (SSSR count). The van der Waals surface area contributed by atoms with Crippen LogP contribution >= 0.6 is 0 Å². The molecule has 1 atom stereocenters. The van der Waals surface area contributed by atoms with Gasteiger partial charge in [-0.1, -0.05) is 0 Å². The van der Waals surface area contributed by atoms with E-state index in [1.54, 1.807) is 0 Å². The Labute approximate surface area is 131 Å². The summed E-state index contributed by atoms with van der Waals surface area (Å²) >= 11 is 0. The Hall–Kier alpha value is -2.45. The van der Waals surface area contributed by atoms with Gasteiger partial charge in [-0.15, -0.1) is 0 Å². The van der Waals surface area contributed by atoms with Crippen molar-refractivity contribution >= 4 is 16.9 Å². The normalized spacial score (nSPS) is 18.7.